The second kappa shape index (κ2) is 4.65. The van der Waals surface area contributed by atoms with Crippen molar-refractivity contribution in [3.63, 3.8) is 0 Å². The summed E-state index contributed by atoms with van der Waals surface area (Å²) >= 11 is 1.35. The Morgan fingerprint density at radius 2 is 1.94 bits per heavy atom. The van der Waals surface area contributed by atoms with E-state index in [9.17, 15) is 14.0 Å². The summed E-state index contributed by atoms with van der Waals surface area (Å²) in [5, 5.41) is 2.03. The van der Waals surface area contributed by atoms with Gasteiger partial charge in [-0.05, 0) is 30.7 Å². The Morgan fingerprint density at radius 1 is 1.25 bits per heavy atom. The quantitative estimate of drug-likeness (QED) is 0.799. The highest BCUT2D eigenvalue weighted by Crippen LogP contribution is 2.28. The van der Waals surface area contributed by atoms with Crippen molar-refractivity contribution in [3.05, 3.63) is 30.1 Å². The SMILES string of the molecule is O=C1CCC(Sc2ccc(F)cc2)C(=O)N1. The lowest BCUT2D eigenvalue weighted by Crippen LogP contribution is -2.42. The Labute approximate surface area is 96.4 Å². The van der Waals surface area contributed by atoms with Crippen LogP contribution in [0.5, 0.6) is 0 Å². The lowest BCUT2D eigenvalue weighted by atomic mass is 10.1. The number of halogens is 1. The maximum absolute atomic E-state index is 12.7. The van der Waals surface area contributed by atoms with Gasteiger partial charge in [0, 0.05) is 11.3 Å². The Balaban J connectivity index is 2.02. The summed E-state index contributed by atoms with van der Waals surface area (Å²) < 4.78 is 12.7. The number of benzene rings is 1. The van der Waals surface area contributed by atoms with Crippen molar-refractivity contribution in [2.45, 2.75) is 23.0 Å². The Hall–Kier alpha value is -1.36. The smallest absolute Gasteiger partial charge is 0.240 e. The summed E-state index contributed by atoms with van der Waals surface area (Å²) in [6.07, 6.45) is 0.900. The summed E-state index contributed by atoms with van der Waals surface area (Å²) in [5.74, 6) is -0.779. The van der Waals surface area contributed by atoms with Crippen LogP contribution >= 0.6 is 11.8 Å². The van der Waals surface area contributed by atoms with Gasteiger partial charge >= 0.3 is 0 Å². The molecule has 1 aromatic rings. The van der Waals surface area contributed by atoms with Crippen molar-refractivity contribution in [3.8, 4) is 0 Å². The molecule has 0 bridgehead atoms. The number of piperidine rings is 1. The molecule has 0 aliphatic carbocycles. The summed E-state index contributed by atoms with van der Waals surface area (Å²) in [4.78, 5) is 23.2. The molecule has 1 fully saturated rings. The molecule has 1 atom stereocenters. The highest BCUT2D eigenvalue weighted by Gasteiger charge is 2.27. The van der Waals surface area contributed by atoms with E-state index in [-0.39, 0.29) is 22.9 Å². The number of nitrogens with one attached hydrogen (secondary N) is 1. The van der Waals surface area contributed by atoms with Crippen LogP contribution in [-0.2, 0) is 9.59 Å². The third kappa shape index (κ3) is 2.61. The Morgan fingerprint density at radius 3 is 2.56 bits per heavy atom. The van der Waals surface area contributed by atoms with Gasteiger partial charge in [-0.15, -0.1) is 11.8 Å². The van der Waals surface area contributed by atoms with Crippen LogP contribution in [-0.4, -0.2) is 17.1 Å². The van der Waals surface area contributed by atoms with Crippen LogP contribution in [0.1, 0.15) is 12.8 Å². The molecule has 16 heavy (non-hydrogen) atoms. The van der Waals surface area contributed by atoms with Gasteiger partial charge in [0.05, 0.1) is 5.25 Å². The molecule has 2 rings (SSSR count). The van der Waals surface area contributed by atoms with Crippen LogP contribution < -0.4 is 5.32 Å². The second-order valence-corrected chi connectivity index (χ2v) is 4.79. The standard InChI is InChI=1S/C11H10FNO2S/c12-7-1-3-8(4-2-7)16-9-5-6-10(14)13-11(9)15/h1-4,9H,5-6H2,(H,13,14,15). The topological polar surface area (TPSA) is 46.2 Å². The second-order valence-electron chi connectivity index (χ2n) is 3.51. The summed E-state index contributed by atoms with van der Waals surface area (Å²) in [6.45, 7) is 0. The fourth-order valence-corrected chi connectivity index (χ4v) is 2.49. The molecule has 1 aliphatic rings. The molecule has 0 saturated carbocycles. The van der Waals surface area contributed by atoms with Crippen LogP contribution in [0.2, 0.25) is 0 Å². The van der Waals surface area contributed by atoms with Gasteiger partial charge in [0.15, 0.2) is 0 Å². The number of carbonyl (C=O) groups excluding carboxylic acids is 2. The minimum absolute atomic E-state index is 0.221. The van der Waals surface area contributed by atoms with Crippen molar-refractivity contribution in [1.29, 1.82) is 0 Å². The van der Waals surface area contributed by atoms with Crippen molar-refractivity contribution < 1.29 is 14.0 Å². The summed E-state index contributed by atoms with van der Waals surface area (Å²) in [7, 11) is 0. The highest BCUT2D eigenvalue weighted by atomic mass is 32.2. The third-order valence-corrected chi connectivity index (χ3v) is 3.56. The number of amides is 2. The van der Waals surface area contributed by atoms with Gasteiger partial charge in [-0.2, -0.15) is 0 Å². The predicted octanol–water partition coefficient (Wildman–Crippen LogP) is 1.72. The molecule has 1 heterocycles. The molecule has 1 aliphatic heterocycles. The van der Waals surface area contributed by atoms with E-state index in [1.807, 2.05) is 0 Å². The van der Waals surface area contributed by atoms with Crippen LogP contribution in [0, 0.1) is 5.82 Å². The molecule has 1 N–H and O–H groups in total. The van der Waals surface area contributed by atoms with Gasteiger partial charge in [0.2, 0.25) is 11.8 Å². The first-order valence-electron chi connectivity index (χ1n) is 4.91. The zero-order valence-corrected chi connectivity index (χ0v) is 9.22. The average molecular weight is 239 g/mol. The molecule has 5 heteroatoms. The van der Waals surface area contributed by atoms with Crippen molar-refractivity contribution >= 4 is 23.6 Å². The molecule has 1 unspecified atom stereocenters. The van der Waals surface area contributed by atoms with E-state index in [0.717, 1.165) is 4.90 Å². The molecular weight excluding hydrogens is 229 g/mol. The van der Waals surface area contributed by atoms with Crippen molar-refractivity contribution in [2.24, 2.45) is 0 Å². The lowest BCUT2D eigenvalue weighted by molar-refractivity contribution is -0.132. The maximum Gasteiger partial charge on any atom is 0.240 e. The number of carbonyl (C=O) groups is 2. The maximum atomic E-state index is 12.7. The molecule has 0 spiro atoms. The molecule has 2 amide bonds. The van der Waals surface area contributed by atoms with E-state index in [4.69, 9.17) is 0 Å². The van der Waals surface area contributed by atoms with E-state index in [1.165, 1.54) is 23.9 Å². The van der Waals surface area contributed by atoms with E-state index >= 15 is 0 Å². The number of thioether (sulfide) groups is 1. The third-order valence-electron chi connectivity index (χ3n) is 2.28. The molecule has 84 valence electrons. The van der Waals surface area contributed by atoms with Crippen LogP contribution in [0.3, 0.4) is 0 Å². The number of hydrogen-bond acceptors (Lipinski definition) is 3. The normalized spacial score (nSPS) is 20.7. The van der Waals surface area contributed by atoms with E-state index < -0.39 is 0 Å². The number of imide groups is 1. The first-order valence-corrected chi connectivity index (χ1v) is 5.79. The first-order chi connectivity index (χ1) is 7.65. The van der Waals surface area contributed by atoms with Gasteiger partial charge in [-0.25, -0.2) is 4.39 Å². The fraction of sp³-hybridized carbons (Fsp3) is 0.273. The van der Waals surface area contributed by atoms with Gasteiger partial charge in [-0.3, -0.25) is 14.9 Å². The Kier molecular flexibility index (Phi) is 3.24. The molecular formula is C11H10FNO2S. The molecule has 1 aromatic carbocycles. The van der Waals surface area contributed by atoms with Crippen molar-refractivity contribution in [2.75, 3.05) is 0 Å². The van der Waals surface area contributed by atoms with Gasteiger partial charge < -0.3 is 0 Å². The van der Waals surface area contributed by atoms with Gasteiger partial charge in [0.25, 0.3) is 0 Å². The first kappa shape index (κ1) is 11.1. The monoisotopic (exact) mass is 239 g/mol. The average Bonchev–Trinajstić information content (AvgIpc) is 2.25. The zero-order valence-electron chi connectivity index (χ0n) is 8.40. The minimum atomic E-state index is -0.298. The van der Waals surface area contributed by atoms with Crippen LogP contribution in [0.4, 0.5) is 4.39 Å². The van der Waals surface area contributed by atoms with E-state index in [0.29, 0.717) is 12.8 Å². The molecule has 3 nitrogen and oxygen atoms in total. The van der Waals surface area contributed by atoms with Crippen LogP contribution in [0.15, 0.2) is 29.2 Å². The van der Waals surface area contributed by atoms with Crippen molar-refractivity contribution in [1.82, 2.24) is 5.32 Å². The fourth-order valence-electron chi connectivity index (χ4n) is 1.46. The predicted molar refractivity (Wildman–Crippen MR) is 58.4 cm³/mol. The van der Waals surface area contributed by atoms with E-state index in [2.05, 4.69) is 5.32 Å². The molecule has 1 saturated heterocycles. The Bertz CT molecular complexity index is 418. The molecule has 0 radical (unpaired) electrons. The highest BCUT2D eigenvalue weighted by molar-refractivity contribution is 8.00. The van der Waals surface area contributed by atoms with E-state index in [1.54, 1.807) is 12.1 Å². The largest absolute Gasteiger partial charge is 0.295 e. The zero-order chi connectivity index (χ0) is 11.5. The summed E-state index contributed by atoms with van der Waals surface area (Å²) in [6, 6.07) is 5.97. The summed E-state index contributed by atoms with van der Waals surface area (Å²) in [5.41, 5.74) is 0. The number of rotatable bonds is 2. The minimum Gasteiger partial charge on any atom is -0.295 e. The van der Waals surface area contributed by atoms with Crippen LogP contribution in [0.25, 0.3) is 0 Å². The number of hydrogen-bond donors (Lipinski definition) is 1. The molecule has 0 aromatic heterocycles. The van der Waals surface area contributed by atoms with Gasteiger partial charge in [-0.1, -0.05) is 0 Å². The lowest BCUT2D eigenvalue weighted by Gasteiger charge is -2.20. The van der Waals surface area contributed by atoms with Gasteiger partial charge in [0.1, 0.15) is 5.82 Å².